The van der Waals surface area contributed by atoms with Gasteiger partial charge in [-0.25, -0.2) is 4.79 Å². The van der Waals surface area contributed by atoms with Crippen LogP contribution in [0.2, 0.25) is 0 Å². The summed E-state index contributed by atoms with van der Waals surface area (Å²) in [6, 6.07) is 5.69. The minimum Gasteiger partial charge on any atom is -0.462 e. The highest BCUT2D eigenvalue weighted by atomic mass is 16.6. The van der Waals surface area contributed by atoms with Gasteiger partial charge < -0.3 is 14.8 Å². The summed E-state index contributed by atoms with van der Waals surface area (Å²) < 4.78 is 9.88. The zero-order chi connectivity index (χ0) is 13.5. The van der Waals surface area contributed by atoms with Crippen molar-refractivity contribution in [3.63, 3.8) is 0 Å². The van der Waals surface area contributed by atoms with Crippen LogP contribution >= 0.6 is 0 Å². The van der Waals surface area contributed by atoms with Crippen LogP contribution < -0.4 is 5.32 Å². The predicted molar refractivity (Wildman–Crippen MR) is 71.8 cm³/mol. The van der Waals surface area contributed by atoms with Gasteiger partial charge in [-0.05, 0) is 32.4 Å². The van der Waals surface area contributed by atoms with E-state index in [1.807, 2.05) is 26.0 Å². The molecule has 0 spiro atoms. The third kappa shape index (κ3) is 4.37. The number of anilines is 1. The van der Waals surface area contributed by atoms with Crippen LogP contribution in [-0.4, -0.2) is 32.3 Å². The largest absolute Gasteiger partial charge is 0.462 e. The average Bonchev–Trinajstić information content (AvgIpc) is 2.32. The van der Waals surface area contributed by atoms with Crippen LogP contribution in [0.5, 0.6) is 0 Å². The molecular formula is C14H21NO3. The summed E-state index contributed by atoms with van der Waals surface area (Å²) in [4.78, 5) is 11.7. The fourth-order valence-corrected chi connectivity index (χ4v) is 1.62. The molecule has 18 heavy (non-hydrogen) atoms. The van der Waals surface area contributed by atoms with E-state index in [0.29, 0.717) is 6.61 Å². The van der Waals surface area contributed by atoms with E-state index in [-0.39, 0.29) is 18.6 Å². The second kappa shape index (κ2) is 7.01. The monoisotopic (exact) mass is 251 g/mol. The molecule has 0 saturated carbocycles. The van der Waals surface area contributed by atoms with Gasteiger partial charge >= 0.3 is 5.97 Å². The van der Waals surface area contributed by atoms with Crippen molar-refractivity contribution >= 4 is 11.7 Å². The van der Waals surface area contributed by atoms with Crippen LogP contribution in [0.4, 0.5) is 5.69 Å². The fourth-order valence-electron chi connectivity index (χ4n) is 1.62. The van der Waals surface area contributed by atoms with Gasteiger partial charge in [0.2, 0.25) is 0 Å². The summed E-state index contributed by atoms with van der Waals surface area (Å²) in [6.45, 7) is 6.54. The predicted octanol–water partition coefficient (Wildman–Crippen LogP) is 2.29. The standard InChI is InChI=1S/C14H21NO3/c1-10-5-6-13(11(2)9-10)15-12(3)14(16)18-8-7-17-4/h5-6,9,12,15H,7-8H2,1-4H3/t12-/m0/s1. The van der Waals surface area contributed by atoms with Gasteiger partial charge in [-0.3, -0.25) is 0 Å². The van der Waals surface area contributed by atoms with Gasteiger partial charge in [0.25, 0.3) is 0 Å². The molecule has 0 aromatic heterocycles. The molecule has 0 unspecified atom stereocenters. The summed E-state index contributed by atoms with van der Waals surface area (Å²) in [5.41, 5.74) is 3.27. The van der Waals surface area contributed by atoms with Crippen LogP contribution in [0.1, 0.15) is 18.1 Å². The van der Waals surface area contributed by atoms with E-state index >= 15 is 0 Å². The Morgan fingerprint density at radius 3 is 2.67 bits per heavy atom. The van der Waals surface area contributed by atoms with Crippen LogP contribution in [0, 0.1) is 13.8 Å². The van der Waals surface area contributed by atoms with E-state index in [9.17, 15) is 4.79 Å². The average molecular weight is 251 g/mol. The zero-order valence-corrected chi connectivity index (χ0v) is 11.4. The van der Waals surface area contributed by atoms with E-state index in [2.05, 4.69) is 11.4 Å². The quantitative estimate of drug-likeness (QED) is 0.622. The van der Waals surface area contributed by atoms with Gasteiger partial charge in [0.1, 0.15) is 12.6 Å². The maximum absolute atomic E-state index is 11.7. The lowest BCUT2D eigenvalue weighted by Gasteiger charge is -2.16. The second-order valence-corrected chi connectivity index (χ2v) is 4.34. The Hall–Kier alpha value is -1.55. The molecule has 1 N–H and O–H groups in total. The first kappa shape index (κ1) is 14.5. The Balaban J connectivity index is 2.53. The number of carbonyl (C=O) groups excluding carboxylic acids is 1. The highest BCUT2D eigenvalue weighted by Crippen LogP contribution is 2.17. The van der Waals surface area contributed by atoms with Crippen LogP contribution in [0.25, 0.3) is 0 Å². The molecule has 0 radical (unpaired) electrons. The molecule has 0 aliphatic carbocycles. The first-order chi connectivity index (χ1) is 8.54. The summed E-state index contributed by atoms with van der Waals surface area (Å²) >= 11 is 0. The molecule has 4 nitrogen and oxygen atoms in total. The Morgan fingerprint density at radius 1 is 1.33 bits per heavy atom. The molecule has 100 valence electrons. The van der Waals surface area contributed by atoms with Crippen molar-refractivity contribution in [1.82, 2.24) is 0 Å². The molecule has 1 rings (SSSR count). The molecule has 0 fully saturated rings. The lowest BCUT2D eigenvalue weighted by atomic mass is 10.1. The number of hydrogen-bond acceptors (Lipinski definition) is 4. The van der Waals surface area contributed by atoms with E-state index in [1.54, 1.807) is 14.0 Å². The van der Waals surface area contributed by atoms with Crippen molar-refractivity contribution in [3.8, 4) is 0 Å². The van der Waals surface area contributed by atoms with Crippen molar-refractivity contribution in [3.05, 3.63) is 29.3 Å². The first-order valence-corrected chi connectivity index (χ1v) is 6.04. The van der Waals surface area contributed by atoms with E-state index in [0.717, 1.165) is 11.3 Å². The molecule has 0 aliphatic heterocycles. The normalized spacial score (nSPS) is 12.0. The van der Waals surface area contributed by atoms with Crippen molar-refractivity contribution < 1.29 is 14.3 Å². The maximum atomic E-state index is 11.7. The number of nitrogens with one attached hydrogen (secondary N) is 1. The Labute approximate surface area is 108 Å². The zero-order valence-electron chi connectivity index (χ0n) is 11.4. The van der Waals surface area contributed by atoms with E-state index in [4.69, 9.17) is 9.47 Å². The van der Waals surface area contributed by atoms with E-state index in [1.165, 1.54) is 5.56 Å². The number of rotatable bonds is 6. The molecule has 4 heteroatoms. The third-order valence-corrected chi connectivity index (χ3v) is 2.64. The molecule has 0 aliphatic rings. The number of hydrogen-bond donors (Lipinski definition) is 1. The molecule has 0 heterocycles. The molecule has 1 aromatic rings. The fraction of sp³-hybridized carbons (Fsp3) is 0.500. The molecular weight excluding hydrogens is 230 g/mol. The lowest BCUT2D eigenvalue weighted by molar-refractivity contribution is -0.145. The van der Waals surface area contributed by atoms with Gasteiger partial charge in [0, 0.05) is 12.8 Å². The van der Waals surface area contributed by atoms with Crippen molar-refractivity contribution in [2.45, 2.75) is 26.8 Å². The van der Waals surface area contributed by atoms with Gasteiger partial charge in [-0.1, -0.05) is 17.7 Å². The minimum atomic E-state index is -0.372. The van der Waals surface area contributed by atoms with Crippen molar-refractivity contribution in [2.75, 3.05) is 25.6 Å². The van der Waals surface area contributed by atoms with Crippen molar-refractivity contribution in [2.24, 2.45) is 0 Å². The molecule has 1 atom stereocenters. The Bertz CT molecular complexity index is 404. The van der Waals surface area contributed by atoms with Crippen LogP contribution in [-0.2, 0) is 14.3 Å². The maximum Gasteiger partial charge on any atom is 0.328 e. The number of methoxy groups -OCH3 is 1. The number of esters is 1. The lowest BCUT2D eigenvalue weighted by Crippen LogP contribution is -2.29. The first-order valence-electron chi connectivity index (χ1n) is 6.04. The smallest absolute Gasteiger partial charge is 0.328 e. The van der Waals surface area contributed by atoms with Crippen molar-refractivity contribution in [1.29, 1.82) is 0 Å². The highest BCUT2D eigenvalue weighted by molar-refractivity contribution is 5.79. The van der Waals surface area contributed by atoms with E-state index < -0.39 is 0 Å². The number of aryl methyl sites for hydroxylation is 2. The number of ether oxygens (including phenoxy) is 2. The Kier molecular flexibility index (Phi) is 5.65. The second-order valence-electron chi connectivity index (χ2n) is 4.34. The summed E-state index contributed by atoms with van der Waals surface area (Å²) in [5.74, 6) is -0.271. The van der Waals surface area contributed by atoms with Gasteiger partial charge in [0.15, 0.2) is 0 Å². The van der Waals surface area contributed by atoms with Crippen LogP contribution in [0.3, 0.4) is 0 Å². The summed E-state index contributed by atoms with van der Waals surface area (Å²) in [6.07, 6.45) is 0. The SMILES string of the molecule is COCCOC(=O)[C@H](C)Nc1ccc(C)cc1C. The third-order valence-electron chi connectivity index (χ3n) is 2.64. The van der Waals surface area contributed by atoms with Gasteiger partial charge in [-0.15, -0.1) is 0 Å². The number of benzene rings is 1. The Morgan fingerprint density at radius 2 is 2.06 bits per heavy atom. The molecule has 0 amide bonds. The summed E-state index contributed by atoms with van der Waals surface area (Å²) in [5, 5.41) is 3.15. The highest BCUT2D eigenvalue weighted by Gasteiger charge is 2.14. The molecule has 0 bridgehead atoms. The topological polar surface area (TPSA) is 47.6 Å². The summed E-state index contributed by atoms with van der Waals surface area (Å²) in [7, 11) is 1.57. The molecule has 1 aromatic carbocycles. The van der Waals surface area contributed by atoms with Crippen LogP contribution in [0.15, 0.2) is 18.2 Å². The molecule has 0 saturated heterocycles. The van der Waals surface area contributed by atoms with Gasteiger partial charge in [0.05, 0.1) is 6.61 Å². The van der Waals surface area contributed by atoms with Gasteiger partial charge in [-0.2, -0.15) is 0 Å². The number of carbonyl (C=O) groups is 1. The minimum absolute atomic E-state index is 0.271.